The van der Waals surface area contributed by atoms with Crippen LogP contribution < -0.4 is 0 Å². The van der Waals surface area contributed by atoms with Crippen molar-refractivity contribution in [3.63, 3.8) is 0 Å². The van der Waals surface area contributed by atoms with Crippen LogP contribution in [-0.4, -0.2) is 167 Å². The highest BCUT2D eigenvalue weighted by Gasteiger charge is 2.39. The molecule has 0 aromatic rings. The van der Waals surface area contributed by atoms with Gasteiger partial charge in [0.1, 0.15) is 26.4 Å². The van der Waals surface area contributed by atoms with Crippen molar-refractivity contribution in [3.05, 3.63) is 0 Å². The molecule has 804 valence electrons. The van der Waals surface area contributed by atoms with E-state index >= 15 is 0 Å². The van der Waals surface area contributed by atoms with Crippen LogP contribution in [0.1, 0.15) is 595 Å². The molecule has 136 heavy (non-hydrogen) atoms. The van der Waals surface area contributed by atoms with Crippen molar-refractivity contribution in [2.75, 3.05) is 26.4 Å². The molecule has 3 fully saturated rings. The maximum Gasteiger partial charge on any atom is 0.306 e. The number of ether oxygens (including phenoxy) is 9. The zero-order chi connectivity index (χ0) is 98.1. The highest BCUT2D eigenvalue weighted by Crippen LogP contribution is 2.35. The van der Waals surface area contributed by atoms with Crippen molar-refractivity contribution < 1.29 is 96.9 Å². The normalized spacial score (nSPS) is 17.7. The molecule has 3 heterocycles. The Morgan fingerprint density at radius 1 is 0.206 bits per heavy atom. The summed E-state index contributed by atoms with van der Waals surface area (Å²) >= 11 is 0. The van der Waals surface area contributed by atoms with Crippen molar-refractivity contribution in [1.29, 1.82) is 0 Å². The molecule has 0 amide bonds. The van der Waals surface area contributed by atoms with Gasteiger partial charge in [0, 0.05) is 38.5 Å². The predicted octanol–water partition coefficient (Wildman–Crippen LogP) is 30.2. The Balaban J connectivity index is 0.00000135. The largest absolute Gasteiger partial charge is 0.462 e. The first-order valence-electron chi connectivity index (χ1n) is 58.3. The van der Waals surface area contributed by atoms with Crippen LogP contribution in [0.4, 0.5) is 0 Å². The van der Waals surface area contributed by atoms with E-state index in [0.717, 1.165) is 218 Å². The van der Waals surface area contributed by atoms with Gasteiger partial charge in [-0.3, -0.25) is 28.8 Å². The van der Waals surface area contributed by atoms with Crippen molar-refractivity contribution in [1.82, 2.24) is 0 Å². The first-order valence-corrected chi connectivity index (χ1v) is 58.3. The van der Waals surface area contributed by atoms with E-state index in [1.807, 2.05) is 0 Å². The predicted molar refractivity (Wildman–Crippen MR) is 557 cm³/mol. The molecule has 20 heteroatoms. The molecule has 3 rings (SSSR count). The lowest BCUT2D eigenvalue weighted by Crippen LogP contribution is -2.30. The number of aliphatic hydroxyl groups is 5. The Labute approximate surface area is 835 Å². The standard InChI is InChI=1S/C58H112O11.C57H104O9.CH4/c1-5-8-11-14-21-30-39-51(59)49(4)38-29-20-17-26-35-44-56(64)67-47-50(69-58(66)46-37-28-19-25-34-43-55(63)53(61)41-32-23-16-13-10-7-3)48-68-57(65)45-36-27-18-24-33-42-54(62)52(60)40-31-22-15-12-9-6-2;1-4-7-10-13-19-28-37-49-52(64-49)40-31-22-16-25-34-43-55(58)61-46-48(63-57(60)45-36-27-18-24-33-42-54-51(66-54)39-30-21-15-12-9-6-3)47-62-56(59)44-35-26-17-23-32-41-53-50(65-53)38-29-20-14-11-8-5-2;/h49-55,59-63H,5-48H2,1-4H3;48-54H,4-47H2,1-3H3;1H4. The minimum absolute atomic E-state index is 0. The average Bonchev–Trinajstić information content (AvgIpc) is 1.71. The van der Waals surface area contributed by atoms with Gasteiger partial charge in [0.2, 0.25) is 0 Å². The van der Waals surface area contributed by atoms with Crippen LogP contribution in [0.3, 0.4) is 0 Å². The van der Waals surface area contributed by atoms with Gasteiger partial charge in [0.25, 0.3) is 0 Å². The summed E-state index contributed by atoms with van der Waals surface area (Å²) in [4.78, 5) is 76.5. The summed E-state index contributed by atoms with van der Waals surface area (Å²) in [5.74, 6) is -1.80. The molecular formula is C116H220O20. The highest BCUT2D eigenvalue weighted by molar-refractivity contribution is 5.72. The number of hydrogen-bond acceptors (Lipinski definition) is 20. The van der Waals surface area contributed by atoms with Crippen LogP contribution in [0.15, 0.2) is 0 Å². The molecule has 0 bridgehead atoms. The molecule has 3 aliphatic heterocycles. The first kappa shape index (κ1) is 131. The van der Waals surface area contributed by atoms with E-state index in [1.54, 1.807) is 0 Å². The molecular weight excluding hydrogens is 1710 g/mol. The average molecular weight is 1940 g/mol. The van der Waals surface area contributed by atoms with E-state index in [9.17, 15) is 54.3 Å². The number of carbonyl (C=O) groups excluding carboxylic acids is 6. The first-order chi connectivity index (χ1) is 65.9. The summed E-state index contributed by atoms with van der Waals surface area (Å²) in [7, 11) is 0. The van der Waals surface area contributed by atoms with Gasteiger partial charge in [-0.2, -0.15) is 0 Å². The van der Waals surface area contributed by atoms with Crippen LogP contribution in [0.5, 0.6) is 0 Å². The zero-order valence-corrected chi connectivity index (χ0v) is 88.7. The van der Waals surface area contributed by atoms with Crippen LogP contribution >= 0.6 is 0 Å². The van der Waals surface area contributed by atoms with Crippen molar-refractivity contribution in [2.24, 2.45) is 5.92 Å². The van der Waals surface area contributed by atoms with Crippen molar-refractivity contribution in [2.45, 2.75) is 675 Å². The number of esters is 6. The molecule has 0 aromatic heterocycles. The Kier molecular flexibility index (Phi) is 91.2. The summed E-state index contributed by atoms with van der Waals surface area (Å²) in [5.41, 5.74) is 0. The lowest BCUT2D eigenvalue weighted by Gasteiger charge is -2.19. The molecule has 3 aliphatic rings. The Bertz CT molecular complexity index is 2550. The minimum atomic E-state index is -0.893. The molecule has 13 unspecified atom stereocenters. The Morgan fingerprint density at radius 2 is 0.360 bits per heavy atom. The Morgan fingerprint density at radius 3 is 0.559 bits per heavy atom. The van der Waals surface area contributed by atoms with Crippen LogP contribution in [0, 0.1) is 5.92 Å². The maximum absolute atomic E-state index is 12.9. The van der Waals surface area contributed by atoms with Gasteiger partial charge in [-0.1, -0.05) is 441 Å². The molecule has 5 N–H and O–H groups in total. The molecule has 0 aromatic carbocycles. The SMILES string of the molecule is C.CCCCCCCCC(O)C(C)CCCCCCCC(=O)OCC(COC(=O)CCCCCCCC(O)C(O)CCCCCCCC)OC(=O)CCCCCCCC(O)C(O)CCCCCCCC.CCCCCCCCC1OC1CCCCCCCC(=O)OCC(COC(=O)CCCCCCCC1OC1CCCCCCCC)OC(=O)CCCCCCCC1OC1CCCCCCCC. The quantitative estimate of drug-likeness (QED) is 0.0164. The zero-order valence-electron chi connectivity index (χ0n) is 88.7. The molecule has 0 aliphatic carbocycles. The lowest BCUT2D eigenvalue weighted by atomic mass is 9.93. The van der Waals surface area contributed by atoms with Gasteiger partial charge in [0.05, 0.1) is 67.1 Å². The molecule has 20 nitrogen and oxygen atoms in total. The number of carbonyl (C=O) groups is 6. The van der Waals surface area contributed by atoms with Gasteiger partial charge in [-0.05, 0) is 121 Å². The van der Waals surface area contributed by atoms with E-state index < -0.39 is 48.6 Å². The minimum Gasteiger partial charge on any atom is -0.462 e. The summed E-state index contributed by atoms with van der Waals surface area (Å²) in [6, 6.07) is 0. The summed E-state index contributed by atoms with van der Waals surface area (Å²) in [5, 5.41) is 51.9. The number of unbranched alkanes of at least 4 members (excludes halogenated alkanes) is 54. The highest BCUT2D eigenvalue weighted by atomic mass is 16.6. The second-order valence-corrected chi connectivity index (χ2v) is 41.6. The fraction of sp³-hybridized carbons (Fsp3) is 0.948. The topological polar surface area (TPSA) is 297 Å². The third kappa shape index (κ3) is 82.9. The van der Waals surface area contributed by atoms with Gasteiger partial charge < -0.3 is 68.2 Å². The molecule has 13 atom stereocenters. The number of epoxide rings is 3. The number of hydrogen-bond donors (Lipinski definition) is 5. The summed E-state index contributed by atoms with van der Waals surface area (Å²) < 4.78 is 51.3. The maximum atomic E-state index is 12.9. The molecule has 0 spiro atoms. The van der Waals surface area contributed by atoms with Gasteiger partial charge in [0.15, 0.2) is 12.2 Å². The number of aliphatic hydroxyl groups excluding tert-OH is 5. The van der Waals surface area contributed by atoms with Crippen LogP contribution in [-0.2, 0) is 71.4 Å². The molecule has 0 saturated carbocycles. The third-order valence-corrected chi connectivity index (χ3v) is 28.4. The van der Waals surface area contributed by atoms with E-state index in [0.29, 0.717) is 107 Å². The van der Waals surface area contributed by atoms with Crippen molar-refractivity contribution >= 4 is 35.8 Å². The van der Waals surface area contributed by atoms with Gasteiger partial charge in [-0.15, -0.1) is 0 Å². The summed E-state index contributed by atoms with van der Waals surface area (Å²) in [6.45, 7) is 15.0. The molecule has 0 radical (unpaired) electrons. The second kappa shape index (κ2) is 95.0. The molecule has 3 saturated heterocycles. The third-order valence-electron chi connectivity index (χ3n) is 28.4. The van der Waals surface area contributed by atoms with Gasteiger partial charge in [-0.25, -0.2) is 0 Å². The Hall–Kier alpha value is -3.50. The van der Waals surface area contributed by atoms with E-state index in [2.05, 4.69) is 48.5 Å². The van der Waals surface area contributed by atoms with Gasteiger partial charge >= 0.3 is 35.8 Å². The van der Waals surface area contributed by atoms with Crippen LogP contribution in [0.25, 0.3) is 0 Å². The van der Waals surface area contributed by atoms with E-state index in [-0.39, 0.29) is 83.1 Å². The smallest absolute Gasteiger partial charge is 0.306 e. The van der Waals surface area contributed by atoms with Crippen molar-refractivity contribution in [3.8, 4) is 0 Å². The monoisotopic (exact) mass is 1930 g/mol. The van der Waals surface area contributed by atoms with E-state index in [4.69, 9.17) is 42.6 Å². The lowest BCUT2D eigenvalue weighted by molar-refractivity contribution is -0.167. The second-order valence-electron chi connectivity index (χ2n) is 41.6. The fourth-order valence-electron chi connectivity index (χ4n) is 18.8. The van der Waals surface area contributed by atoms with Crippen LogP contribution in [0.2, 0.25) is 0 Å². The number of rotatable bonds is 103. The summed E-state index contributed by atoms with van der Waals surface area (Å²) in [6.07, 6.45) is 85.1. The fourth-order valence-corrected chi connectivity index (χ4v) is 18.8. The van der Waals surface area contributed by atoms with E-state index in [1.165, 1.54) is 238 Å².